The molecule has 0 spiro atoms. The van der Waals surface area contributed by atoms with Gasteiger partial charge in [0.05, 0.1) is 16.7 Å². The van der Waals surface area contributed by atoms with Crippen molar-refractivity contribution in [3.63, 3.8) is 0 Å². The minimum Gasteiger partial charge on any atom is -0.494 e. The van der Waals surface area contributed by atoms with E-state index in [1.165, 1.54) is 22.7 Å². The van der Waals surface area contributed by atoms with Gasteiger partial charge in [-0.3, -0.25) is 9.59 Å². The zero-order valence-electron chi connectivity index (χ0n) is 14.8. The number of methoxy groups -OCH3 is 1. The zero-order chi connectivity index (χ0) is 18.8. The smallest absolute Gasteiger partial charge is 0.264 e. The fourth-order valence-electron chi connectivity index (χ4n) is 3.32. The molecule has 6 nitrogen and oxygen atoms in total. The van der Waals surface area contributed by atoms with Crippen LogP contribution >= 0.6 is 22.7 Å². The van der Waals surface area contributed by atoms with Gasteiger partial charge in [-0.15, -0.1) is 11.3 Å². The van der Waals surface area contributed by atoms with Gasteiger partial charge in [-0.1, -0.05) is 23.5 Å². The number of carbonyl (C=O) groups excluding carboxylic acids is 2. The average molecular weight is 402 g/mol. The maximum Gasteiger partial charge on any atom is 0.264 e. The number of hydrogen-bond donors (Lipinski definition) is 1. The van der Waals surface area contributed by atoms with E-state index in [1.54, 1.807) is 18.1 Å². The average Bonchev–Trinajstić information content (AvgIpc) is 3.36. The number of nitrogens with zero attached hydrogens (tertiary/aromatic N) is 2. The van der Waals surface area contributed by atoms with Crippen molar-refractivity contribution in [1.29, 1.82) is 0 Å². The van der Waals surface area contributed by atoms with Crippen LogP contribution in [0.25, 0.3) is 10.2 Å². The number of aromatic nitrogens is 1. The second-order valence-corrected chi connectivity index (χ2v) is 8.28. The molecule has 0 bridgehead atoms. The number of fused-ring (bicyclic) bond motifs is 1. The summed E-state index contributed by atoms with van der Waals surface area (Å²) in [4.78, 5) is 32.6. The van der Waals surface area contributed by atoms with Gasteiger partial charge in [0.2, 0.25) is 5.91 Å². The molecule has 1 N–H and O–H groups in total. The van der Waals surface area contributed by atoms with E-state index in [0.717, 1.165) is 23.1 Å². The molecule has 1 aliphatic heterocycles. The van der Waals surface area contributed by atoms with E-state index in [4.69, 9.17) is 4.74 Å². The fourth-order valence-corrected chi connectivity index (χ4v) is 4.88. The Morgan fingerprint density at radius 1 is 1.26 bits per heavy atom. The van der Waals surface area contributed by atoms with E-state index in [1.807, 2.05) is 29.6 Å². The van der Waals surface area contributed by atoms with Gasteiger partial charge >= 0.3 is 0 Å². The number of para-hydroxylation sites is 1. The van der Waals surface area contributed by atoms with Crippen LogP contribution in [0.5, 0.6) is 5.75 Å². The monoisotopic (exact) mass is 401 g/mol. The summed E-state index contributed by atoms with van der Waals surface area (Å²) < 4.78 is 6.28. The highest BCUT2D eigenvalue weighted by Gasteiger charge is 2.33. The molecule has 1 atom stereocenters. The van der Waals surface area contributed by atoms with Crippen molar-refractivity contribution in [2.75, 3.05) is 19.0 Å². The first-order valence-corrected chi connectivity index (χ1v) is 10.5. The molecule has 4 rings (SSSR count). The summed E-state index contributed by atoms with van der Waals surface area (Å²) >= 11 is 2.80. The van der Waals surface area contributed by atoms with Crippen molar-refractivity contribution >= 4 is 49.8 Å². The van der Waals surface area contributed by atoms with E-state index < -0.39 is 6.04 Å². The van der Waals surface area contributed by atoms with Crippen molar-refractivity contribution in [3.05, 3.63) is 40.6 Å². The molecule has 1 unspecified atom stereocenters. The molecule has 0 radical (unpaired) electrons. The lowest BCUT2D eigenvalue weighted by Gasteiger charge is -2.34. The molecule has 1 saturated heterocycles. The highest BCUT2D eigenvalue weighted by molar-refractivity contribution is 7.22. The van der Waals surface area contributed by atoms with Crippen molar-refractivity contribution in [3.8, 4) is 5.75 Å². The molecule has 3 heterocycles. The Bertz CT molecular complexity index is 968. The van der Waals surface area contributed by atoms with Gasteiger partial charge in [-0.25, -0.2) is 4.98 Å². The first kappa shape index (κ1) is 17.9. The molecule has 27 heavy (non-hydrogen) atoms. The van der Waals surface area contributed by atoms with Crippen LogP contribution in [0.2, 0.25) is 0 Å². The number of benzene rings is 1. The maximum absolute atomic E-state index is 12.9. The third-order valence-corrected chi connectivity index (χ3v) is 6.42. The van der Waals surface area contributed by atoms with Gasteiger partial charge in [-0.2, -0.15) is 0 Å². The predicted octanol–water partition coefficient (Wildman–Crippen LogP) is 4.00. The zero-order valence-corrected chi connectivity index (χ0v) is 16.4. The van der Waals surface area contributed by atoms with Crippen molar-refractivity contribution in [1.82, 2.24) is 9.88 Å². The molecular weight excluding hydrogens is 382 g/mol. The quantitative estimate of drug-likeness (QED) is 0.717. The molecule has 3 aromatic rings. The number of piperidine rings is 1. The van der Waals surface area contributed by atoms with Gasteiger partial charge in [0, 0.05) is 6.54 Å². The number of hydrogen-bond acceptors (Lipinski definition) is 6. The van der Waals surface area contributed by atoms with E-state index in [2.05, 4.69) is 10.3 Å². The number of thiophene rings is 1. The third-order valence-electron chi connectivity index (χ3n) is 4.63. The van der Waals surface area contributed by atoms with Gasteiger partial charge in [0.25, 0.3) is 5.91 Å². The molecule has 1 aliphatic rings. The number of thiazole rings is 1. The van der Waals surface area contributed by atoms with Crippen LogP contribution in [-0.2, 0) is 4.79 Å². The number of carbonyl (C=O) groups is 2. The lowest BCUT2D eigenvalue weighted by atomic mass is 10.0. The third kappa shape index (κ3) is 3.54. The summed E-state index contributed by atoms with van der Waals surface area (Å²) in [5, 5.41) is 5.30. The molecular formula is C19H19N3O3S2. The van der Waals surface area contributed by atoms with Gasteiger partial charge in [-0.05, 0) is 42.8 Å². The second kappa shape index (κ2) is 7.66. The molecule has 8 heteroatoms. The fraction of sp³-hybridized carbons (Fsp3) is 0.316. The van der Waals surface area contributed by atoms with Crippen LogP contribution in [0, 0.1) is 0 Å². The minimum atomic E-state index is -0.470. The standard InChI is InChI=1S/C19H19N3O3S2/c1-25-13-7-4-8-14-16(13)20-19(27-14)21-17(23)12-6-2-3-10-22(12)18(24)15-9-5-11-26-15/h4-5,7-9,11-12H,2-3,6,10H2,1H3,(H,20,21,23). The molecule has 140 valence electrons. The van der Waals surface area contributed by atoms with Gasteiger partial charge < -0.3 is 15.0 Å². The Labute approximate surface area is 164 Å². The summed E-state index contributed by atoms with van der Waals surface area (Å²) in [6.45, 7) is 0.600. The highest BCUT2D eigenvalue weighted by Crippen LogP contribution is 2.32. The summed E-state index contributed by atoms with van der Waals surface area (Å²) in [5.74, 6) is 0.421. The minimum absolute atomic E-state index is 0.0733. The Morgan fingerprint density at radius 2 is 2.15 bits per heavy atom. The lowest BCUT2D eigenvalue weighted by molar-refractivity contribution is -0.121. The van der Waals surface area contributed by atoms with E-state index in [0.29, 0.717) is 28.7 Å². The summed E-state index contributed by atoms with van der Waals surface area (Å²) in [5.41, 5.74) is 0.732. The van der Waals surface area contributed by atoms with E-state index in [-0.39, 0.29) is 11.8 Å². The van der Waals surface area contributed by atoms with Gasteiger partial charge in [0.15, 0.2) is 5.13 Å². The topological polar surface area (TPSA) is 71.5 Å². The van der Waals surface area contributed by atoms with Crippen LogP contribution < -0.4 is 10.1 Å². The first-order valence-electron chi connectivity index (χ1n) is 8.76. The summed E-state index contributed by atoms with van der Waals surface area (Å²) in [6.07, 6.45) is 2.51. The number of nitrogens with one attached hydrogen (secondary N) is 1. The van der Waals surface area contributed by atoms with Crippen LogP contribution in [0.3, 0.4) is 0 Å². The predicted molar refractivity (Wildman–Crippen MR) is 108 cm³/mol. The Balaban J connectivity index is 1.55. The summed E-state index contributed by atoms with van der Waals surface area (Å²) in [7, 11) is 1.60. The van der Waals surface area contributed by atoms with Crippen LogP contribution in [-0.4, -0.2) is 41.4 Å². The number of ether oxygens (including phenoxy) is 1. The molecule has 0 aliphatic carbocycles. The number of rotatable bonds is 4. The molecule has 2 aromatic heterocycles. The Hall–Kier alpha value is -2.45. The van der Waals surface area contributed by atoms with E-state index >= 15 is 0 Å². The Kier molecular flexibility index (Phi) is 5.09. The normalized spacial score (nSPS) is 17.1. The van der Waals surface area contributed by atoms with Crippen LogP contribution in [0.1, 0.15) is 28.9 Å². The van der Waals surface area contributed by atoms with Crippen molar-refractivity contribution < 1.29 is 14.3 Å². The largest absolute Gasteiger partial charge is 0.494 e. The Morgan fingerprint density at radius 3 is 2.93 bits per heavy atom. The van der Waals surface area contributed by atoms with Crippen molar-refractivity contribution in [2.24, 2.45) is 0 Å². The molecule has 1 aromatic carbocycles. The second-order valence-electron chi connectivity index (χ2n) is 6.30. The lowest BCUT2D eigenvalue weighted by Crippen LogP contribution is -2.49. The first-order chi connectivity index (χ1) is 13.2. The summed E-state index contributed by atoms with van der Waals surface area (Å²) in [6, 6.07) is 8.87. The van der Waals surface area contributed by atoms with E-state index in [9.17, 15) is 9.59 Å². The number of likely N-dealkylation sites (tertiary alicyclic amines) is 1. The van der Waals surface area contributed by atoms with Crippen molar-refractivity contribution in [2.45, 2.75) is 25.3 Å². The highest BCUT2D eigenvalue weighted by atomic mass is 32.1. The molecule has 1 fully saturated rings. The van der Waals surface area contributed by atoms with Gasteiger partial charge in [0.1, 0.15) is 17.3 Å². The molecule has 2 amide bonds. The number of anilines is 1. The van der Waals surface area contributed by atoms with Crippen LogP contribution in [0.15, 0.2) is 35.7 Å². The van der Waals surface area contributed by atoms with Crippen LogP contribution in [0.4, 0.5) is 5.13 Å². The molecule has 0 saturated carbocycles. The number of amides is 2. The maximum atomic E-state index is 12.9. The SMILES string of the molecule is COc1cccc2sc(NC(=O)C3CCCCN3C(=O)c3cccs3)nc12.